The van der Waals surface area contributed by atoms with Crippen LogP contribution in [0.15, 0.2) is 55.1 Å². The number of aromatic amines is 2. The third-order valence-corrected chi connectivity index (χ3v) is 10.9. The second-order valence-corrected chi connectivity index (χ2v) is 15.3. The largest absolute Gasteiger partial charge is 0.453 e. The molecule has 0 spiro atoms. The number of fused-ring (bicyclic) bond motifs is 1. The van der Waals surface area contributed by atoms with E-state index in [2.05, 4.69) is 35.6 Å². The van der Waals surface area contributed by atoms with Crippen LogP contribution in [0, 0.1) is 11.8 Å². The first kappa shape index (κ1) is 39.8. The fourth-order valence-corrected chi connectivity index (χ4v) is 7.70. The number of alkyl carbamates (subject to hydrolysis) is 2. The number of rotatable bonds is 11. The van der Waals surface area contributed by atoms with Crippen LogP contribution >= 0.6 is 0 Å². The zero-order chi connectivity index (χ0) is 41.1. The average Bonchev–Trinajstić information content (AvgIpc) is 4.07. The molecule has 4 N–H and O–H groups in total. The maximum absolute atomic E-state index is 13.6. The molecule has 2 saturated heterocycles. The maximum Gasteiger partial charge on any atom is 0.407 e. The normalized spacial score (nSPS) is 17.8. The molecule has 6 heterocycles. The Bertz CT molecular complexity index is 2270. The summed E-state index contributed by atoms with van der Waals surface area (Å²) in [6.07, 6.45) is 8.77. The van der Waals surface area contributed by atoms with Gasteiger partial charge in [0.2, 0.25) is 11.8 Å². The van der Waals surface area contributed by atoms with Gasteiger partial charge in [-0.15, -0.1) is 0 Å². The summed E-state index contributed by atoms with van der Waals surface area (Å²) in [6, 6.07) is 7.74. The Hall–Kier alpha value is -6.39. The predicted octanol–water partition coefficient (Wildman–Crippen LogP) is 5.56. The van der Waals surface area contributed by atoms with Crippen molar-refractivity contribution in [2.24, 2.45) is 11.8 Å². The molecule has 17 nitrogen and oxygen atoms in total. The van der Waals surface area contributed by atoms with E-state index in [1.54, 1.807) is 34.6 Å². The van der Waals surface area contributed by atoms with Crippen molar-refractivity contribution in [2.45, 2.75) is 77.5 Å². The van der Waals surface area contributed by atoms with Gasteiger partial charge in [-0.1, -0.05) is 33.8 Å². The second-order valence-electron chi connectivity index (χ2n) is 15.3. The molecule has 2 fully saturated rings. The minimum Gasteiger partial charge on any atom is -0.453 e. The number of methoxy groups -OCH3 is 2. The third-order valence-electron chi connectivity index (χ3n) is 10.9. The van der Waals surface area contributed by atoms with Crippen LogP contribution in [0.2, 0.25) is 0 Å². The number of imidazole rings is 2. The summed E-state index contributed by atoms with van der Waals surface area (Å²) in [7, 11) is 2.56. The molecule has 2 aliphatic rings. The molecule has 0 saturated carbocycles. The van der Waals surface area contributed by atoms with Crippen molar-refractivity contribution >= 4 is 35.0 Å². The van der Waals surface area contributed by atoms with Gasteiger partial charge < -0.3 is 39.9 Å². The van der Waals surface area contributed by atoms with Crippen molar-refractivity contribution in [2.75, 3.05) is 27.3 Å². The van der Waals surface area contributed by atoms with E-state index in [-0.39, 0.29) is 35.7 Å². The highest BCUT2D eigenvalue weighted by molar-refractivity contribution is 5.87. The van der Waals surface area contributed by atoms with E-state index < -0.39 is 24.3 Å². The number of nitrogens with one attached hydrogen (secondary N) is 4. The first-order chi connectivity index (χ1) is 27.9. The number of benzene rings is 1. The lowest BCUT2D eigenvalue weighted by molar-refractivity contribution is -0.136. The lowest BCUT2D eigenvalue weighted by Crippen LogP contribution is -2.51. The summed E-state index contributed by atoms with van der Waals surface area (Å²) >= 11 is 0. The molecule has 4 amide bonds. The summed E-state index contributed by atoms with van der Waals surface area (Å²) < 4.78 is 9.50. The SMILES string of the molecule is COC(=O)N[C@H](C(=O)N1CCC[C@H]1c1ncc(-c2ccc(-c3cnc(-c4ccc5nc([C@@H]6CCCN6C(=O)[C@@H](NC(=O)OC)C(C)C)[nH]c5c4)cn3)nc2)[nH]1)C(C)C. The molecular weight excluding hydrogens is 743 g/mol. The molecule has 5 aromatic rings. The summed E-state index contributed by atoms with van der Waals surface area (Å²) in [5.74, 6) is 0.807. The van der Waals surface area contributed by atoms with Gasteiger partial charge in [0.25, 0.3) is 0 Å². The number of carbonyl (C=O) groups excluding carboxylic acids is 4. The van der Waals surface area contributed by atoms with Crippen LogP contribution in [-0.2, 0) is 19.1 Å². The highest BCUT2D eigenvalue weighted by atomic mass is 16.5. The third kappa shape index (κ3) is 8.19. The van der Waals surface area contributed by atoms with Crippen LogP contribution in [0.3, 0.4) is 0 Å². The molecule has 58 heavy (non-hydrogen) atoms. The number of hydrogen-bond donors (Lipinski definition) is 4. The van der Waals surface area contributed by atoms with Crippen molar-refractivity contribution in [1.29, 1.82) is 0 Å². The van der Waals surface area contributed by atoms with E-state index in [1.807, 2.05) is 58.0 Å². The standard InChI is InChI=1S/C41H49N11O6/c1-22(2)34(49-40(55)57-5)38(53)51-15-7-9-32(51)36-45-20-30(48-36)25-12-13-26(42-18-25)31-21-43-29(19-44-31)24-11-14-27-28(17-24)47-37(46-27)33-10-8-16-52(33)39(54)35(23(3)4)50-41(56)58-6/h11-14,17-23,32-35H,7-10,15-16H2,1-6H3,(H,45,48)(H,46,47)(H,49,55)(H,50,56)/t32-,33-,34-,35-/m0/s1. The topological polar surface area (TPSA) is 213 Å². The van der Waals surface area contributed by atoms with E-state index in [4.69, 9.17) is 19.4 Å². The van der Waals surface area contributed by atoms with Gasteiger partial charge in [-0.3, -0.25) is 24.5 Å². The van der Waals surface area contributed by atoms with Gasteiger partial charge >= 0.3 is 12.2 Å². The molecule has 7 rings (SSSR count). The Balaban J connectivity index is 1.02. The zero-order valence-electron chi connectivity index (χ0n) is 33.5. The maximum atomic E-state index is 13.6. The summed E-state index contributed by atoms with van der Waals surface area (Å²) in [4.78, 5) is 84.9. The number of pyridine rings is 1. The minimum atomic E-state index is -0.708. The molecule has 4 aromatic heterocycles. The Morgan fingerprint density at radius 2 is 1.24 bits per heavy atom. The number of amides is 4. The van der Waals surface area contributed by atoms with Gasteiger partial charge in [0.1, 0.15) is 29.4 Å². The Labute approximate surface area is 335 Å². The lowest BCUT2D eigenvalue weighted by atomic mass is 10.0. The van der Waals surface area contributed by atoms with Gasteiger partial charge in [0.05, 0.1) is 73.0 Å². The van der Waals surface area contributed by atoms with Gasteiger partial charge in [-0.05, 0) is 61.8 Å². The monoisotopic (exact) mass is 791 g/mol. The minimum absolute atomic E-state index is 0.121. The first-order valence-corrected chi connectivity index (χ1v) is 19.6. The van der Waals surface area contributed by atoms with E-state index in [1.165, 1.54) is 14.2 Å². The van der Waals surface area contributed by atoms with Gasteiger partial charge in [-0.2, -0.15) is 0 Å². The van der Waals surface area contributed by atoms with Gasteiger partial charge in [0.15, 0.2) is 0 Å². The van der Waals surface area contributed by atoms with E-state index in [0.29, 0.717) is 41.8 Å². The van der Waals surface area contributed by atoms with Crippen LogP contribution in [0.25, 0.3) is 44.9 Å². The van der Waals surface area contributed by atoms with Crippen LogP contribution in [-0.4, -0.2) is 108 Å². The lowest BCUT2D eigenvalue weighted by Gasteiger charge is -2.30. The summed E-state index contributed by atoms with van der Waals surface area (Å²) in [6.45, 7) is 8.70. The predicted molar refractivity (Wildman–Crippen MR) is 214 cm³/mol. The Morgan fingerprint density at radius 3 is 1.79 bits per heavy atom. The number of nitrogens with zero attached hydrogens (tertiary/aromatic N) is 7. The summed E-state index contributed by atoms with van der Waals surface area (Å²) in [5.41, 5.74) is 5.96. The number of H-pyrrole nitrogens is 2. The molecule has 2 aliphatic heterocycles. The molecule has 0 aliphatic carbocycles. The number of ether oxygens (including phenoxy) is 2. The smallest absolute Gasteiger partial charge is 0.407 e. The average molecular weight is 792 g/mol. The molecule has 0 bridgehead atoms. The quantitative estimate of drug-likeness (QED) is 0.130. The highest BCUT2D eigenvalue weighted by Gasteiger charge is 2.39. The molecule has 304 valence electrons. The van der Waals surface area contributed by atoms with Crippen LogP contribution < -0.4 is 10.6 Å². The van der Waals surface area contributed by atoms with E-state index in [9.17, 15) is 19.2 Å². The van der Waals surface area contributed by atoms with Gasteiger partial charge in [0, 0.05) is 30.4 Å². The fraction of sp³-hybridized carbons (Fsp3) is 0.439. The van der Waals surface area contributed by atoms with Crippen molar-refractivity contribution in [3.63, 3.8) is 0 Å². The first-order valence-electron chi connectivity index (χ1n) is 19.6. The highest BCUT2D eigenvalue weighted by Crippen LogP contribution is 2.35. The van der Waals surface area contributed by atoms with Crippen LogP contribution in [0.4, 0.5) is 9.59 Å². The molecule has 4 atom stereocenters. The Kier molecular flexibility index (Phi) is 11.7. The van der Waals surface area contributed by atoms with Crippen LogP contribution in [0.5, 0.6) is 0 Å². The van der Waals surface area contributed by atoms with Crippen molar-refractivity contribution in [3.05, 3.63) is 66.8 Å². The summed E-state index contributed by atoms with van der Waals surface area (Å²) in [5, 5.41) is 5.37. The molecular formula is C41H49N11O6. The molecule has 1 aromatic carbocycles. The van der Waals surface area contributed by atoms with E-state index in [0.717, 1.165) is 53.5 Å². The van der Waals surface area contributed by atoms with Crippen molar-refractivity contribution in [1.82, 2.24) is 55.3 Å². The van der Waals surface area contributed by atoms with Crippen molar-refractivity contribution < 1.29 is 28.7 Å². The molecule has 17 heteroatoms. The molecule has 0 unspecified atom stereocenters. The van der Waals surface area contributed by atoms with E-state index >= 15 is 0 Å². The second kappa shape index (κ2) is 17.0. The van der Waals surface area contributed by atoms with Gasteiger partial charge in [-0.25, -0.2) is 19.6 Å². The number of likely N-dealkylation sites (tertiary alicyclic amines) is 2. The zero-order valence-corrected chi connectivity index (χ0v) is 33.5. The number of carbonyl (C=O) groups is 4. The van der Waals surface area contributed by atoms with Crippen molar-refractivity contribution in [3.8, 4) is 33.9 Å². The fourth-order valence-electron chi connectivity index (χ4n) is 7.70. The molecule has 0 radical (unpaired) electrons. The van der Waals surface area contributed by atoms with Crippen LogP contribution in [0.1, 0.15) is 77.1 Å². The number of hydrogen-bond acceptors (Lipinski definition) is 11. The number of aromatic nitrogens is 7. The Morgan fingerprint density at radius 1 is 0.672 bits per heavy atom.